The molecule has 0 atom stereocenters. The summed E-state index contributed by atoms with van der Waals surface area (Å²) >= 11 is 0. The minimum Gasteiger partial charge on any atom is -0.508 e. The molecular formula is C14H15FN2O3S. The van der Waals surface area contributed by atoms with Crippen LogP contribution in [0.4, 0.5) is 10.1 Å². The highest BCUT2D eigenvalue weighted by molar-refractivity contribution is 7.89. The van der Waals surface area contributed by atoms with Crippen molar-refractivity contribution < 1.29 is 17.9 Å². The molecule has 0 bridgehead atoms. The van der Waals surface area contributed by atoms with Gasteiger partial charge in [-0.3, -0.25) is 0 Å². The molecule has 0 fully saturated rings. The summed E-state index contributed by atoms with van der Waals surface area (Å²) in [5, 5.41) is 17.7. The van der Waals surface area contributed by atoms with Gasteiger partial charge in [-0.25, -0.2) is 17.9 Å². The van der Waals surface area contributed by atoms with Crippen molar-refractivity contribution in [3.63, 3.8) is 0 Å². The van der Waals surface area contributed by atoms with Crippen LogP contribution in [0.2, 0.25) is 0 Å². The molecule has 112 valence electrons. The molecule has 0 unspecified atom stereocenters. The van der Waals surface area contributed by atoms with Crippen LogP contribution in [0, 0.1) is 12.7 Å². The average Bonchev–Trinajstić information content (AvgIpc) is 2.40. The Labute approximate surface area is 122 Å². The molecule has 0 radical (unpaired) electrons. The molecular weight excluding hydrogens is 295 g/mol. The summed E-state index contributed by atoms with van der Waals surface area (Å²) in [7, 11) is -3.80. The van der Waals surface area contributed by atoms with Gasteiger partial charge in [0.2, 0.25) is 10.0 Å². The number of primary sulfonamides is 1. The zero-order valence-corrected chi connectivity index (χ0v) is 12.1. The van der Waals surface area contributed by atoms with Crippen molar-refractivity contribution in [2.45, 2.75) is 18.4 Å². The molecule has 2 aromatic rings. The van der Waals surface area contributed by atoms with Crippen molar-refractivity contribution >= 4 is 15.7 Å². The van der Waals surface area contributed by atoms with E-state index in [1.807, 2.05) is 0 Å². The third-order valence-electron chi connectivity index (χ3n) is 3.10. The molecule has 5 nitrogen and oxygen atoms in total. The van der Waals surface area contributed by atoms with E-state index in [1.54, 1.807) is 19.1 Å². The number of hydrogen-bond acceptors (Lipinski definition) is 4. The number of sulfonamides is 1. The lowest BCUT2D eigenvalue weighted by atomic mass is 10.1. The number of hydrogen-bond donors (Lipinski definition) is 3. The highest BCUT2D eigenvalue weighted by Gasteiger charge is 2.13. The van der Waals surface area contributed by atoms with Crippen molar-refractivity contribution in [2.75, 3.05) is 5.32 Å². The molecule has 0 saturated carbocycles. The molecule has 0 aromatic heterocycles. The van der Waals surface area contributed by atoms with Gasteiger partial charge in [0.25, 0.3) is 0 Å². The topological polar surface area (TPSA) is 92.4 Å². The van der Waals surface area contributed by atoms with Crippen LogP contribution in [0.1, 0.15) is 11.1 Å². The first kappa shape index (κ1) is 15.3. The van der Waals surface area contributed by atoms with E-state index in [0.717, 1.165) is 6.07 Å². The first-order valence-corrected chi connectivity index (χ1v) is 7.67. The number of rotatable bonds is 4. The van der Waals surface area contributed by atoms with Crippen molar-refractivity contribution in [3.05, 3.63) is 53.3 Å². The highest BCUT2D eigenvalue weighted by atomic mass is 32.2. The van der Waals surface area contributed by atoms with Crippen LogP contribution in [-0.2, 0) is 16.6 Å². The number of phenols is 1. The normalized spacial score (nSPS) is 11.4. The highest BCUT2D eigenvalue weighted by Crippen LogP contribution is 2.24. The van der Waals surface area contributed by atoms with Gasteiger partial charge >= 0.3 is 0 Å². The molecule has 0 amide bonds. The molecule has 4 N–H and O–H groups in total. The second-order valence-corrected chi connectivity index (χ2v) is 6.13. The van der Waals surface area contributed by atoms with E-state index in [1.165, 1.54) is 18.2 Å². The quantitative estimate of drug-likeness (QED) is 0.806. The van der Waals surface area contributed by atoms with Gasteiger partial charge in [-0.2, -0.15) is 0 Å². The Balaban J connectivity index is 2.27. The maximum absolute atomic E-state index is 13.1. The van der Waals surface area contributed by atoms with Gasteiger partial charge in [0.15, 0.2) is 0 Å². The van der Waals surface area contributed by atoms with Crippen LogP contribution >= 0.6 is 0 Å². The van der Waals surface area contributed by atoms with Crippen molar-refractivity contribution in [3.8, 4) is 5.75 Å². The smallest absolute Gasteiger partial charge is 0.238 e. The van der Waals surface area contributed by atoms with Crippen LogP contribution in [-0.4, -0.2) is 13.5 Å². The van der Waals surface area contributed by atoms with Gasteiger partial charge in [-0.05, 0) is 42.8 Å². The van der Waals surface area contributed by atoms with Crippen molar-refractivity contribution in [1.29, 1.82) is 0 Å². The summed E-state index contributed by atoms with van der Waals surface area (Å²) in [6.07, 6.45) is 0. The van der Waals surface area contributed by atoms with E-state index in [0.29, 0.717) is 16.8 Å². The molecule has 0 heterocycles. The Morgan fingerprint density at radius 3 is 2.67 bits per heavy atom. The standard InChI is InChI=1S/C14H15FN2O3S/c1-9-12(3-2-4-14(9)21(16,19)20)17-8-10-7-11(15)5-6-13(10)18/h2-7,17-18H,8H2,1H3,(H2,16,19,20). The second-order valence-electron chi connectivity index (χ2n) is 4.60. The van der Waals surface area contributed by atoms with Gasteiger partial charge in [0.05, 0.1) is 4.90 Å². The summed E-state index contributed by atoms with van der Waals surface area (Å²) in [6.45, 7) is 1.77. The number of phenolic OH excluding ortho intramolecular Hbond substituents is 1. The first-order chi connectivity index (χ1) is 9.79. The van der Waals surface area contributed by atoms with E-state index in [9.17, 15) is 17.9 Å². The molecule has 0 aliphatic heterocycles. The maximum Gasteiger partial charge on any atom is 0.238 e. The van der Waals surface area contributed by atoms with Crippen molar-refractivity contribution in [2.24, 2.45) is 5.14 Å². The summed E-state index contributed by atoms with van der Waals surface area (Å²) in [5.74, 6) is -0.497. The van der Waals surface area contributed by atoms with Gasteiger partial charge in [-0.15, -0.1) is 0 Å². The van der Waals surface area contributed by atoms with E-state index < -0.39 is 15.8 Å². The molecule has 21 heavy (non-hydrogen) atoms. The van der Waals surface area contributed by atoms with E-state index in [4.69, 9.17) is 5.14 Å². The fraction of sp³-hybridized carbons (Fsp3) is 0.143. The van der Waals surface area contributed by atoms with E-state index >= 15 is 0 Å². The SMILES string of the molecule is Cc1c(NCc2cc(F)ccc2O)cccc1S(N)(=O)=O. The van der Waals surface area contributed by atoms with Gasteiger partial charge in [-0.1, -0.05) is 6.07 Å². The minimum atomic E-state index is -3.80. The number of halogens is 1. The fourth-order valence-electron chi connectivity index (χ4n) is 2.00. The molecule has 0 spiro atoms. The number of nitrogens with two attached hydrogens (primary N) is 1. The summed E-state index contributed by atoms with van der Waals surface area (Å²) < 4.78 is 36.0. The molecule has 2 aromatic carbocycles. The Hall–Kier alpha value is -2.12. The Morgan fingerprint density at radius 1 is 1.29 bits per heavy atom. The number of anilines is 1. The monoisotopic (exact) mass is 310 g/mol. The minimum absolute atomic E-state index is 0.0240. The van der Waals surface area contributed by atoms with Crippen LogP contribution in [0.3, 0.4) is 0 Å². The lowest BCUT2D eigenvalue weighted by Gasteiger charge is -2.13. The van der Waals surface area contributed by atoms with Gasteiger partial charge in [0.1, 0.15) is 11.6 Å². The zero-order valence-electron chi connectivity index (χ0n) is 11.3. The Morgan fingerprint density at radius 2 is 2.00 bits per heavy atom. The predicted octanol–water partition coefficient (Wildman–Crippen LogP) is 2.10. The van der Waals surface area contributed by atoms with Crippen LogP contribution in [0.5, 0.6) is 5.75 Å². The van der Waals surface area contributed by atoms with Crippen LogP contribution in [0.25, 0.3) is 0 Å². The number of benzene rings is 2. The second kappa shape index (κ2) is 5.71. The number of nitrogens with one attached hydrogen (secondary N) is 1. The maximum atomic E-state index is 13.1. The Bertz CT molecular complexity index is 776. The molecule has 0 aliphatic rings. The van der Waals surface area contributed by atoms with Crippen molar-refractivity contribution in [1.82, 2.24) is 0 Å². The largest absolute Gasteiger partial charge is 0.508 e. The predicted molar refractivity (Wildman–Crippen MR) is 77.9 cm³/mol. The Kier molecular flexibility index (Phi) is 4.15. The number of aromatic hydroxyl groups is 1. The van der Waals surface area contributed by atoms with E-state index in [-0.39, 0.29) is 17.2 Å². The molecule has 7 heteroatoms. The summed E-state index contributed by atoms with van der Waals surface area (Å²) in [5.41, 5.74) is 1.39. The van der Waals surface area contributed by atoms with Crippen LogP contribution < -0.4 is 10.5 Å². The zero-order chi connectivity index (χ0) is 15.6. The summed E-state index contributed by atoms with van der Waals surface area (Å²) in [4.78, 5) is 0.0240. The third-order valence-corrected chi connectivity index (χ3v) is 4.16. The summed E-state index contributed by atoms with van der Waals surface area (Å²) in [6, 6.07) is 8.28. The van der Waals surface area contributed by atoms with E-state index in [2.05, 4.69) is 5.32 Å². The fourth-order valence-corrected chi connectivity index (χ4v) is 2.81. The third kappa shape index (κ3) is 3.50. The van der Waals surface area contributed by atoms with Crippen LogP contribution in [0.15, 0.2) is 41.3 Å². The first-order valence-electron chi connectivity index (χ1n) is 6.12. The average molecular weight is 310 g/mol. The van der Waals surface area contributed by atoms with Gasteiger partial charge in [0, 0.05) is 17.8 Å². The molecule has 0 saturated heterocycles. The lowest BCUT2D eigenvalue weighted by Crippen LogP contribution is -2.14. The molecule has 0 aliphatic carbocycles. The lowest BCUT2D eigenvalue weighted by molar-refractivity contribution is 0.466. The van der Waals surface area contributed by atoms with Gasteiger partial charge < -0.3 is 10.4 Å². The molecule has 2 rings (SSSR count).